The molecule has 0 aromatic heterocycles. The number of hydrogen-bond donors (Lipinski definition) is 2. The molecule has 0 unspecified atom stereocenters. The third-order valence-electron chi connectivity index (χ3n) is 2.84. The van der Waals surface area contributed by atoms with Crippen LogP contribution >= 0.6 is 0 Å². The van der Waals surface area contributed by atoms with Crippen LogP contribution in [0.5, 0.6) is 0 Å². The van der Waals surface area contributed by atoms with Gasteiger partial charge in [-0.3, -0.25) is 20.4 Å². The van der Waals surface area contributed by atoms with E-state index in [1.54, 1.807) is 26.0 Å². The molecule has 0 aliphatic rings. The molecule has 0 fully saturated rings. The summed E-state index contributed by atoms with van der Waals surface area (Å²) in [5.41, 5.74) is 6.53. The van der Waals surface area contributed by atoms with E-state index in [4.69, 9.17) is 0 Å². The third kappa shape index (κ3) is 4.39. The second-order valence-corrected chi connectivity index (χ2v) is 5.93. The van der Waals surface area contributed by atoms with Gasteiger partial charge in [-0.05, 0) is 23.1 Å². The highest BCUT2D eigenvalue weighted by molar-refractivity contribution is 5.95. The van der Waals surface area contributed by atoms with E-state index >= 15 is 0 Å². The molecule has 1 aromatic rings. The number of hydrazine groups is 1. The van der Waals surface area contributed by atoms with Crippen molar-refractivity contribution in [2.45, 2.75) is 40.0 Å². The molecule has 2 N–H and O–H groups in total. The number of carbonyl (C=O) groups excluding carboxylic acids is 2. The summed E-state index contributed by atoms with van der Waals surface area (Å²) in [5, 5.41) is 0. The maximum absolute atomic E-state index is 11.8. The Kier molecular flexibility index (Phi) is 4.70. The first-order chi connectivity index (χ1) is 8.71. The smallest absolute Gasteiger partial charge is 0.269 e. The summed E-state index contributed by atoms with van der Waals surface area (Å²) in [5.74, 6) is -0.683. The number of rotatable bonds is 2. The lowest BCUT2D eigenvalue weighted by Crippen LogP contribution is -2.43. The van der Waals surface area contributed by atoms with Crippen molar-refractivity contribution in [1.82, 2.24) is 10.9 Å². The van der Waals surface area contributed by atoms with E-state index in [0.29, 0.717) is 5.56 Å². The maximum atomic E-state index is 11.8. The van der Waals surface area contributed by atoms with Crippen LogP contribution in [0.1, 0.15) is 50.5 Å². The van der Waals surface area contributed by atoms with Gasteiger partial charge in [0.25, 0.3) is 5.91 Å². The number of carbonyl (C=O) groups is 2. The van der Waals surface area contributed by atoms with Gasteiger partial charge in [0.2, 0.25) is 5.91 Å². The van der Waals surface area contributed by atoms with Gasteiger partial charge in [-0.1, -0.05) is 46.8 Å². The molecule has 0 saturated carbocycles. The van der Waals surface area contributed by atoms with E-state index in [9.17, 15) is 9.59 Å². The summed E-state index contributed by atoms with van der Waals surface area (Å²) in [6.07, 6.45) is 0. The first-order valence-electron chi connectivity index (χ1n) is 6.42. The zero-order chi connectivity index (χ0) is 14.6. The van der Waals surface area contributed by atoms with Crippen molar-refractivity contribution < 1.29 is 9.59 Å². The van der Waals surface area contributed by atoms with Gasteiger partial charge in [0.1, 0.15) is 0 Å². The van der Waals surface area contributed by atoms with Gasteiger partial charge in [-0.2, -0.15) is 0 Å². The van der Waals surface area contributed by atoms with Gasteiger partial charge in [-0.25, -0.2) is 0 Å². The second kappa shape index (κ2) is 5.87. The van der Waals surface area contributed by atoms with Crippen molar-refractivity contribution in [3.8, 4) is 0 Å². The van der Waals surface area contributed by atoms with E-state index in [-0.39, 0.29) is 23.1 Å². The lowest BCUT2D eigenvalue weighted by molar-refractivity contribution is -0.124. The van der Waals surface area contributed by atoms with Gasteiger partial charge >= 0.3 is 0 Å². The van der Waals surface area contributed by atoms with Crippen LogP contribution in [0, 0.1) is 5.92 Å². The fourth-order valence-corrected chi connectivity index (χ4v) is 1.46. The predicted molar refractivity (Wildman–Crippen MR) is 75.6 cm³/mol. The first-order valence-corrected chi connectivity index (χ1v) is 6.42. The molecule has 0 aliphatic carbocycles. The van der Waals surface area contributed by atoms with Gasteiger partial charge in [0.15, 0.2) is 0 Å². The largest absolute Gasteiger partial charge is 0.273 e. The van der Waals surface area contributed by atoms with Crippen LogP contribution in [0.4, 0.5) is 0 Å². The number of amides is 2. The van der Waals surface area contributed by atoms with Crippen molar-refractivity contribution in [3.05, 3.63) is 35.4 Å². The van der Waals surface area contributed by atoms with Crippen molar-refractivity contribution >= 4 is 11.8 Å². The van der Waals surface area contributed by atoms with Gasteiger partial charge in [0.05, 0.1) is 0 Å². The molecule has 4 heteroatoms. The molecule has 1 rings (SSSR count). The van der Waals surface area contributed by atoms with Crippen LogP contribution in [0.25, 0.3) is 0 Å². The molecule has 1 aromatic carbocycles. The lowest BCUT2D eigenvalue weighted by atomic mass is 9.87. The van der Waals surface area contributed by atoms with E-state index in [2.05, 4.69) is 31.6 Å². The van der Waals surface area contributed by atoms with E-state index in [1.165, 1.54) is 0 Å². The molecule has 0 heterocycles. The van der Waals surface area contributed by atoms with Crippen molar-refractivity contribution in [3.63, 3.8) is 0 Å². The van der Waals surface area contributed by atoms with Crippen molar-refractivity contribution in [2.75, 3.05) is 0 Å². The lowest BCUT2D eigenvalue weighted by Gasteiger charge is -2.19. The average molecular weight is 262 g/mol. The summed E-state index contributed by atoms with van der Waals surface area (Å²) >= 11 is 0. The molecule has 4 nitrogen and oxygen atoms in total. The second-order valence-electron chi connectivity index (χ2n) is 5.93. The fraction of sp³-hybridized carbons (Fsp3) is 0.467. The predicted octanol–water partition coefficient (Wildman–Crippen LogP) is 2.40. The minimum atomic E-state index is -0.311. The third-order valence-corrected chi connectivity index (χ3v) is 2.84. The zero-order valence-electron chi connectivity index (χ0n) is 12.2. The quantitative estimate of drug-likeness (QED) is 0.804. The van der Waals surface area contributed by atoms with Crippen molar-refractivity contribution in [2.24, 2.45) is 5.92 Å². The van der Waals surface area contributed by atoms with Crippen LogP contribution in [0.2, 0.25) is 0 Å². The summed E-state index contributed by atoms with van der Waals surface area (Å²) in [6.45, 7) is 9.88. The average Bonchev–Trinajstić information content (AvgIpc) is 2.34. The Morgan fingerprint density at radius 3 is 1.95 bits per heavy atom. The van der Waals surface area contributed by atoms with Crippen LogP contribution in [-0.4, -0.2) is 11.8 Å². The number of nitrogens with one attached hydrogen (secondary N) is 2. The van der Waals surface area contributed by atoms with Gasteiger partial charge in [0, 0.05) is 11.5 Å². The van der Waals surface area contributed by atoms with E-state index in [1.807, 2.05) is 12.1 Å². The Hall–Kier alpha value is -1.84. The SMILES string of the molecule is CC(C)C(=O)NNC(=O)c1ccc(C(C)(C)C)cc1. The molecule has 0 bridgehead atoms. The van der Waals surface area contributed by atoms with E-state index in [0.717, 1.165) is 5.56 Å². The van der Waals surface area contributed by atoms with Crippen molar-refractivity contribution in [1.29, 1.82) is 0 Å². The molecule has 104 valence electrons. The minimum Gasteiger partial charge on any atom is -0.273 e. The zero-order valence-corrected chi connectivity index (χ0v) is 12.2. The van der Waals surface area contributed by atoms with E-state index < -0.39 is 0 Å². The Bertz CT molecular complexity index is 456. The van der Waals surface area contributed by atoms with Gasteiger partial charge < -0.3 is 0 Å². The minimum absolute atomic E-state index is 0.0564. The Labute approximate surface area is 114 Å². The number of hydrogen-bond acceptors (Lipinski definition) is 2. The fourth-order valence-electron chi connectivity index (χ4n) is 1.46. The van der Waals surface area contributed by atoms with Gasteiger partial charge in [-0.15, -0.1) is 0 Å². The van der Waals surface area contributed by atoms with Crippen LogP contribution in [-0.2, 0) is 10.2 Å². The Morgan fingerprint density at radius 2 is 1.53 bits per heavy atom. The molecular formula is C15H22N2O2. The molecular weight excluding hydrogens is 240 g/mol. The Morgan fingerprint density at radius 1 is 1.00 bits per heavy atom. The first kappa shape index (κ1) is 15.2. The van der Waals surface area contributed by atoms with Crippen LogP contribution in [0.3, 0.4) is 0 Å². The van der Waals surface area contributed by atoms with Crippen LogP contribution < -0.4 is 10.9 Å². The summed E-state index contributed by atoms with van der Waals surface area (Å²) < 4.78 is 0. The standard InChI is InChI=1S/C15H22N2O2/c1-10(2)13(18)16-17-14(19)11-6-8-12(9-7-11)15(3,4)5/h6-10H,1-5H3,(H,16,18)(H,17,19). The molecule has 0 saturated heterocycles. The normalized spacial score (nSPS) is 11.3. The molecule has 0 atom stereocenters. The molecule has 0 aliphatic heterocycles. The summed E-state index contributed by atoms with van der Waals surface area (Å²) in [6, 6.07) is 7.38. The summed E-state index contributed by atoms with van der Waals surface area (Å²) in [4.78, 5) is 23.1. The molecule has 19 heavy (non-hydrogen) atoms. The summed E-state index contributed by atoms with van der Waals surface area (Å²) in [7, 11) is 0. The molecule has 2 amide bonds. The highest BCUT2D eigenvalue weighted by Crippen LogP contribution is 2.22. The monoisotopic (exact) mass is 262 g/mol. The topological polar surface area (TPSA) is 58.2 Å². The van der Waals surface area contributed by atoms with Crippen LogP contribution in [0.15, 0.2) is 24.3 Å². The molecule has 0 spiro atoms. The number of benzene rings is 1. The maximum Gasteiger partial charge on any atom is 0.269 e. The molecule has 0 radical (unpaired) electrons. The highest BCUT2D eigenvalue weighted by atomic mass is 16.2. The Balaban J connectivity index is 2.66. The highest BCUT2D eigenvalue weighted by Gasteiger charge is 2.14.